The van der Waals surface area contributed by atoms with Crippen molar-refractivity contribution in [3.05, 3.63) is 126 Å². The number of benzene rings is 3. The van der Waals surface area contributed by atoms with Crippen molar-refractivity contribution in [1.29, 1.82) is 0 Å². The maximum Gasteiger partial charge on any atom is 0.245 e. The SMILES string of the molecule is CCCN(CCC)C(=O)[C@H](Cc1c[nH]c2ccccc12)NC(=O)[C@H](CCCN=C(N)N)CC(=O)[C@@H](Cc1ccccc1)NC(=O)[C@@H](CC(=O)CCCc1ccccc1)Cc1cnc[nH]1. The molecular formula is C50H65N9O5. The van der Waals surface area contributed by atoms with Gasteiger partial charge in [-0.25, -0.2) is 4.98 Å². The van der Waals surface area contributed by atoms with Crippen LogP contribution in [0.4, 0.5) is 0 Å². The fourth-order valence-electron chi connectivity index (χ4n) is 8.17. The van der Waals surface area contributed by atoms with Crippen LogP contribution in [-0.2, 0) is 49.7 Å². The van der Waals surface area contributed by atoms with Gasteiger partial charge in [0.1, 0.15) is 11.8 Å². The summed E-state index contributed by atoms with van der Waals surface area (Å²) in [6.45, 7) is 5.33. The summed E-state index contributed by atoms with van der Waals surface area (Å²) in [4.78, 5) is 87.6. The molecule has 64 heavy (non-hydrogen) atoms. The smallest absolute Gasteiger partial charge is 0.245 e. The Morgan fingerprint density at radius 1 is 0.734 bits per heavy atom. The molecule has 0 radical (unpaired) electrons. The lowest BCUT2D eigenvalue weighted by atomic mass is 9.89. The second kappa shape index (κ2) is 25.5. The zero-order valence-electron chi connectivity index (χ0n) is 37.3. The van der Waals surface area contributed by atoms with Crippen molar-refractivity contribution in [3.8, 4) is 0 Å². The van der Waals surface area contributed by atoms with Crippen LogP contribution in [0.25, 0.3) is 10.9 Å². The van der Waals surface area contributed by atoms with E-state index in [2.05, 4.69) is 30.6 Å². The molecule has 0 bridgehead atoms. The number of aryl methyl sites for hydroxylation is 1. The first-order valence-electron chi connectivity index (χ1n) is 22.6. The highest BCUT2D eigenvalue weighted by molar-refractivity contribution is 5.96. The van der Waals surface area contributed by atoms with Crippen molar-refractivity contribution in [1.82, 2.24) is 30.5 Å². The predicted octanol–water partition coefficient (Wildman–Crippen LogP) is 5.76. The molecule has 0 unspecified atom stereocenters. The molecule has 14 heteroatoms. The fourth-order valence-corrected chi connectivity index (χ4v) is 8.17. The standard InChI is InChI=1S/C50H65N9O5/c1-3-25-59(26-4-2)49(64)45(30-39-32-55-43-23-12-11-22-42(39)43)58-47(62)37(20-14-24-54-50(51)52)31-46(61)44(27-36-17-9-6-10-18-36)57-48(63)38(28-40-33-53-34-56-40)29-41(60)21-13-19-35-15-7-5-8-16-35/h5-12,15-18,22-23,32-34,37-38,44-45,55H,3-4,13-14,19-21,24-31H2,1-2H3,(H,53,56)(H,57,63)(H,58,62)(H4,51,52,54)/t37-,38-,44-,45+/m1/s1. The first-order valence-corrected chi connectivity index (χ1v) is 22.6. The number of nitrogens with zero attached hydrogens (tertiary/aromatic N) is 3. The summed E-state index contributed by atoms with van der Waals surface area (Å²) in [7, 11) is 0. The average molecular weight is 872 g/mol. The number of imidazole rings is 1. The number of fused-ring (bicyclic) bond motifs is 1. The lowest BCUT2D eigenvalue weighted by molar-refractivity contribution is -0.138. The van der Waals surface area contributed by atoms with E-state index in [1.54, 1.807) is 11.1 Å². The molecule has 4 atom stereocenters. The van der Waals surface area contributed by atoms with Crippen molar-refractivity contribution >= 4 is 46.2 Å². The van der Waals surface area contributed by atoms with Gasteiger partial charge in [0.25, 0.3) is 0 Å². The Morgan fingerprint density at radius 2 is 1.39 bits per heavy atom. The van der Waals surface area contributed by atoms with Crippen LogP contribution in [0.3, 0.4) is 0 Å². The summed E-state index contributed by atoms with van der Waals surface area (Å²) in [6.07, 6.45) is 9.22. The van der Waals surface area contributed by atoms with Crippen molar-refractivity contribution in [2.75, 3.05) is 19.6 Å². The largest absolute Gasteiger partial charge is 0.370 e. The van der Waals surface area contributed by atoms with Gasteiger partial charge >= 0.3 is 0 Å². The zero-order chi connectivity index (χ0) is 45.7. The van der Waals surface area contributed by atoms with Crippen molar-refractivity contribution in [3.63, 3.8) is 0 Å². The number of para-hydroxylation sites is 1. The van der Waals surface area contributed by atoms with Crippen LogP contribution in [0.2, 0.25) is 0 Å². The molecule has 2 heterocycles. The summed E-state index contributed by atoms with van der Waals surface area (Å²) < 4.78 is 0. The van der Waals surface area contributed by atoms with Gasteiger partial charge in [-0.15, -0.1) is 0 Å². The highest BCUT2D eigenvalue weighted by Crippen LogP contribution is 2.23. The quantitative estimate of drug-likeness (QED) is 0.0206. The topological polar surface area (TPSA) is 222 Å². The summed E-state index contributed by atoms with van der Waals surface area (Å²) in [5.41, 5.74) is 15.7. The van der Waals surface area contributed by atoms with E-state index in [9.17, 15) is 24.0 Å². The number of nitrogens with one attached hydrogen (secondary N) is 4. The molecule has 14 nitrogen and oxygen atoms in total. The molecule has 340 valence electrons. The van der Waals surface area contributed by atoms with Gasteiger partial charge < -0.3 is 37.0 Å². The predicted molar refractivity (Wildman–Crippen MR) is 251 cm³/mol. The number of Topliss-reactive ketones (excluding diaryl/α,β-unsaturated/α-hetero) is 2. The third-order valence-electron chi connectivity index (χ3n) is 11.5. The number of aromatic nitrogens is 3. The monoisotopic (exact) mass is 872 g/mol. The summed E-state index contributed by atoms with van der Waals surface area (Å²) in [5.74, 6) is -3.23. The fraction of sp³-hybridized carbons (Fsp3) is 0.420. The van der Waals surface area contributed by atoms with Crippen LogP contribution in [-0.4, -0.2) is 86.8 Å². The van der Waals surface area contributed by atoms with Crippen LogP contribution in [0.5, 0.6) is 0 Å². The van der Waals surface area contributed by atoms with E-state index in [0.29, 0.717) is 38.0 Å². The van der Waals surface area contributed by atoms with Crippen LogP contribution in [0.15, 0.2) is 109 Å². The number of ketones is 2. The normalized spacial score (nSPS) is 13.0. The first kappa shape index (κ1) is 48.5. The third kappa shape index (κ3) is 15.4. The van der Waals surface area contributed by atoms with E-state index in [4.69, 9.17) is 11.5 Å². The third-order valence-corrected chi connectivity index (χ3v) is 11.5. The minimum atomic E-state index is -1.02. The number of H-pyrrole nitrogens is 2. The lowest BCUT2D eigenvalue weighted by Crippen LogP contribution is -2.52. The van der Waals surface area contributed by atoms with E-state index in [-0.39, 0.29) is 68.5 Å². The number of guanidine groups is 1. The summed E-state index contributed by atoms with van der Waals surface area (Å²) >= 11 is 0. The molecule has 0 aliphatic heterocycles. The van der Waals surface area contributed by atoms with E-state index in [0.717, 1.165) is 46.9 Å². The zero-order valence-corrected chi connectivity index (χ0v) is 37.3. The molecule has 0 aliphatic rings. The number of aromatic amines is 2. The Balaban J connectivity index is 1.39. The van der Waals surface area contributed by atoms with Gasteiger partial charge in [-0.1, -0.05) is 92.7 Å². The molecule has 0 fully saturated rings. The Bertz CT molecular complexity index is 2250. The van der Waals surface area contributed by atoms with Gasteiger partial charge in [-0.05, 0) is 67.7 Å². The van der Waals surface area contributed by atoms with E-state index in [1.165, 1.54) is 6.33 Å². The van der Waals surface area contributed by atoms with Crippen LogP contribution in [0, 0.1) is 11.8 Å². The first-order chi connectivity index (χ1) is 31.0. The van der Waals surface area contributed by atoms with Crippen molar-refractivity contribution < 1.29 is 24.0 Å². The summed E-state index contributed by atoms with van der Waals surface area (Å²) in [6, 6.07) is 25.2. The Hall–Kier alpha value is -6.57. The Morgan fingerprint density at radius 3 is 2.06 bits per heavy atom. The van der Waals surface area contributed by atoms with Gasteiger partial charge in [-0.2, -0.15) is 0 Å². The maximum atomic E-state index is 14.7. The van der Waals surface area contributed by atoms with Gasteiger partial charge in [0.2, 0.25) is 17.7 Å². The number of carbonyl (C=O) groups excluding carboxylic acids is 5. The molecule has 3 aromatic carbocycles. The molecule has 0 saturated heterocycles. The van der Waals surface area contributed by atoms with E-state index >= 15 is 0 Å². The van der Waals surface area contributed by atoms with Crippen LogP contribution >= 0.6 is 0 Å². The van der Waals surface area contributed by atoms with Crippen molar-refractivity contribution in [2.24, 2.45) is 28.3 Å². The number of hydrogen-bond donors (Lipinski definition) is 6. The highest BCUT2D eigenvalue weighted by Gasteiger charge is 2.33. The van der Waals surface area contributed by atoms with E-state index < -0.39 is 35.7 Å². The summed E-state index contributed by atoms with van der Waals surface area (Å²) in [5, 5.41) is 7.05. The second-order valence-corrected chi connectivity index (χ2v) is 16.6. The molecule has 0 aliphatic carbocycles. The molecule has 2 aromatic heterocycles. The van der Waals surface area contributed by atoms with Crippen LogP contribution < -0.4 is 22.1 Å². The van der Waals surface area contributed by atoms with Gasteiger partial charge in [0, 0.05) is 86.6 Å². The number of amides is 3. The highest BCUT2D eigenvalue weighted by atomic mass is 16.2. The van der Waals surface area contributed by atoms with Crippen LogP contribution in [0.1, 0.15) is 87.6 Å². The van der Waals surface area contributed by atoms with E-state index in [1.807, 2.05) is 105 Å². The molecular weight excluding hydrogens is 807 g/mol. The molecule has 0 saturated carbocycles. The maximum absolute atomic E-state index is 14.7. The number of rotatable bonds is 28. The molecule has 5 aromatic rings. The van der Waals surface area contributed by atoms with Crippen molar-refractivity contribution in [2.45, 2.75) is 103 Å². The number of hydrogen-bond acceptors (Lipinski definition) is 7. The van der Waals surface area contributed by atoms with Gasteiger partial charge in [0.15, 0.2) is 11.7 Å². The number of nitrogens with two attached hydrogens (primary N) is 2. The molecule has 3 amide bonds. The minimum absolute atomic E-state index is 0.0133. The Labute approximate surface area is 376 Å². The number of aliphatic imine (C=N–C) groups is 1. The second-order valence-electron chi connectivity index (χ2n) is 16.6. The number of carbonyl (C=O) groups is 5. The Kier molecular flexibility index (Phi) is 19.3. The van der Waals surface area contributed by atoms with Gasteiger partial charge in [-0.3, -0.25) is 29.0 Å². The molecule has 0 spiro atoms. The molecule has 8 N–H and O–H groups in total. The lowest BCUT2D eigenvalue weighted by Gasteiger charge is -2.29. The minimum Gasteiger partial charge on any atom is -0.370 e. The average Bonchev–Trinajstić information content (AvgIpc) is 3.97. The van der Waals surface area contributed by atoms with Gasteiger partial charge in [0.05, 0.1) is 18.3 Å². The molecule has 5 rings (SSSR count).